The number of nitrogens with one attached hydrogen (secondary N) is 5. The minimum absolute atomic E-state index is 0.0443. The number of nitrogens with zero attached hydrogens (tertiary/aromatic N) is 7. The topological polar surface area (TPSA) is 274 Å². The Kier molecular flexibility index (Phi) is 26.2. The lowest BCUT2D eigenvalue weighted by atomic mass is 9.94. The number of benzene rings is 6. The standard InChI is InChI=1S/C28H26Cl2FN5O3.C24H19Cl2FN4O3.C24H21Cl2N3O3/c29-18-3-5-26(33-16-18)34-28(38)22-13-19(30)14-24(35-8-10-39-11-9-35)21(22)15-25(37)20-4-2-17(12-23(20)31)27(32)36-6-1-7-36;1-34-21-10-15(26)9-18(24(33)30-22-5-3-14(25)12-29-22)17(21)11-20(32)16-4-2-13(8-19(16)27)23(28)31-6-7-31;1-14(27-2)15-4-6-16(7-5-15)21(30)12-19-20(10-18(26)11-22(19)32-3)24(31)29-23-9-8-17(25)13-28-23/h2-5,12-14,16,32H,1,6-11,15H2,(H,33,34,38);2-5,8-10,12,28H,6-7,11H2,1H3,(H,29,30,33);4-11,13H,12H2,1-3H3,(H,28,29,31). The SMILES string of the molecule is CN=C(C)c1ccc(C(=O)Cc2c(OC)cc(Cl)cc2C(=O)Nc2ccc(Cl)cn2)cc1.COc1cc(Cl)cc(C(=O)Nc2ccc(Cl)cn2)c1CC(=O)c1ccc(C(=N)N2CC2)cc1F.N=C(c1ccc(C(=O)Cc2c(C(=O)Nc3ccc(Cl)cn3)cc(Cl)cc2N2CCOCC2)c(F)c1)N1CCC1. The number of rotatable bonds is 21. The van der Waals surface area contributed by atoms with Crippen molar-refractivity contribution in [3.8, 4) is 11.5 Å². The van der Waals surface area contributed by atoms with Crippen LogP contribution < -0.4 is 30.3 Å². The summed E-state index contributed by atoms with van der Waals surface area (Å²) in [6.07, 6.45) is 4.63. The van der Waals surface area contributed by atoms with Crippen molar-refractivity contribution in [2.75, 3.05) is 94.6 Å². The number of carbonyl (C=O) groups is 6. The molecule has 0 atom stereocenters. The zero-order valence-corrected chi connectivity index (χ0v) is 61.3. The van der Waals surface area contributed by atoms with Gasteiger partial charge in [-0.25, -0.2) is 23.7 Å². The maximum absolute atomic E-state index is 15.2. The summed E-state index contributed by atoms with van der Waals surface area (Å²) >= 11 is 36.4. The Bertz CT molecular complexity index is 4850. The fourth-order valence-electron chi connectivity index (χ4n) is 11.1. The first kappa shape index (κ1) is 77.4. The molecule has 29 heteroatoms. The maximum atomic E-state index is 15.2. The molecule has 0 saturated carbocycles. The molecule has 3 aromatic heterocycles. The molecule has 3 aliphatic rings. The second kappa shape index (κ2) is 35.5. The number of Topliss-reactive ketones (excluding diaryl/α,β-unsaturated/α-hetero) is 3. The number of amidine groups is 2. The molecular formula is C76H66Cl6F2N12O9. The van der Waals surface area contributed by atoms with E-state index in [4.69, 9.17) is 94.6 Å². The summed E-state index contributed by atoms with van der Waals surface area (Å²) in [5, 5.41) is 26.5. The minimum Gasteiger partial charge on any atom is -0.496 e. The zero-order chi connectivity index (χ0) is 75.2. The van der Waals surface area contributed by atoms with Gasteiger partial charge in [0, 0.05) is 155 Å². The first-order valence-electron chi connectivity index (χ1n) is 32.5. The number of pyridine rings is 3. The van der Waals surface area contributed by atoms with Crippen LogP contribution in [-0.4, -0.2) is 151 Å². The number of likely N-dealkylation sites (tertiary alicyclic amines) is 1. The highest BCUT2D eigenvalue weighted by atomic mass is 35.5. The number of amides is 3. The lowest BCUT2D eigenvalue weighted by Gasteiger charge is -2.33. The molecule has 0 radical (unpaired) electrons. The average molecular weight is 1540 g/mol. The van der Waals surface area contributed by atoms with Crippen LogP contribution in [0.5, 0.6) is 11.5 Å². The second-order valence-electron chi connectivity index (χ2n) is 23.9. The molecule has 3 fully saturated rings. The average Bonchev–Trinajstić information content (AvgIpc) is 1.38. The maximum Gasteiger partial charge on any atom is 0.257 e. The zero-order valence-electron chi connectivity index (χ0n) is 56.7. The van der Waals surface area contributed by atoms with Gasteiger partial charge in [-0.3, -0.25) is 44.6 Å². The van der Waals surface area contributed by atoms with Crippen LogP contribution in [0.4, 0.5) is 31.9 Å². The van der Waals surface area contributed by atoms with Crippen LogP contribution in [0.3, 0.4) is 0 Å². The number of anilines is 4. The summed E-state index contributed by atoms with van der Waals surface area (Å²) in [5.74, 6) is -2.33. The van der Waals surface area contributed by atoms with Crippen molar-refractivity contribution in [3.05, 3.63) is 261 Å². The van der Waals surface area contributed by atoms with Gasteiger partial charge in [-0.05, 0) is 122 Å². The third-order valence-electron chi connectivity index (χ3n) is 17.0. The number of hydrogen-bond donors (Lipinski definition) is 5. The lowest BCUT2D eigenvalue weighted by molar-refractivity contribution is 0.0976. The number of aliphatic imine (C=N–C) groups is 1. The van der Waals surface area contributed by atoms with Crippen LogP contribution in [0.2, 0.25) is 30.1 Å². The van der Waals surface area contributed by atoms with Crippen LogP contribution in [0.15, 0.2) is 157 Å². The Labute approximate surface area is 632 Å². The third kappa shape index (κ3) is 20.0. The monoisotopic (exact) mass is 1540 g/mol. The van der Waals surface area contributed by atoms with E-state index in [2.05, 4.69) is 35.9 Å². The van der Waals surface area contributed by atoms with Crippen molar-refractivity contribution in [2.24, 2.45) is 4.99 Å². The van der Waals surface area contributed by atoms with Crippen LogP contribution >= 0.6 is 69.6 Å². The summed E-state index contributed by atoms with van der Waals surface area (Å²) in [4.78, 5) is 101. The van der Waals surface area contributed by atoms with Crippen LogP contribution in [0.25, 0.3) is 0 Å². The van der Waals surface area contributed by atoms with E-state index in [-0.39, 0.29) is 92.5 Å². The van der Waals surface area contributed by atoms with E-state index < -0.39 is 40.9 Å². The number of halogens is 8. The fraction of sp³-hybridized carbons (Fsp3) is 0.211. The highest BCUT2D eigenvalue weighted by Gasteiger charge is 2.30. The smallest absolute Gasteiger partial charge is 0.257 e. The van der Waals surface area contributed by atoms with Crippen molar-refractivity contribution >= 4 is 145 Å². The molecule has 3 aliphatic heterocycles. The molecule has 5 N–H and O–H groups in total. The quantitative estimate of drug-likeness (QED) is 0.0194. The van der Waals surface area contributed by atoms with Gasteiger partial charge in [0.15, 0.2) is 17.3 Å². The third-order valence-corrected chi connectivity index (χ3v) is 18.3. The van der Waals surface area contributed by atoms with E-state index in [1.807, 2.05) is 28.9 Å². The number of carbonyl (C=O) groups excluding carboxylic acids is 6. The largest absolute Gasteiger partial charge is 0.496 e. The molecule has 3 amide bonds. The first-order valence-corrected chi connectivity index (χ1v) is 34.7. The number of ether oxygens (including phenoxy) is 3. The van der Waals surface area contributed by atoms with Gasteiger partial charge in [0.1, 0.15) is 52.3 Å². The van der Waals surface area contributed by atoms with Crippen molar-refractivity contribution in [3.63, 3.8) is 0 Å². The number of methoxy groups -OCH3 is 2. The van der Waals surface area contributed by atoms with Crippen molar-refractivity contribution in [2.45, 2.75) is 32.6 Å². The van der Waals surface area contributed by atoms with E-state index in [1.54, 1.807) is 72.6 Å². The van der Waals surface area contributed by atoms with Crippen LogP contribution in [-0.2, 0) is 24.0 Å². The predicted octanol–water partition coefficient (Wildman–Crippen LogP) is 15.4. The highest BCUT2D eigenvalue weighted by molar-refractivity contribution is 6.33. The van der Waals surface area contributed by atoms with Gasteiger partial charge < -0.3 is 44.9 Å². The Balaban J connectivity index is 0.000000170. The van der Waals surface area contributed by atoms with Gasteiger partial charge in [-0.15, -0.1) is 0 Å². The normalized spacial score (nSPS) is 13.0. The van der Waals surface area contributed by atoms with E-state index in [1.165, 1.54) is 93.5 Å². The molecule has 12 rings (SSSR count). The Morgan fingerprint density at radius 1 is 0.467 bits per heavy atom. The molecule has 3 saturated heterocycles. The molecule has 0 spiro atoms. The van der Waals surface area contributed by atoms with Crippen LogP contribution in [0.1, 0.15) is 109 Å². The molecule has 0 aliphatic carbocycles. The van der Waals surface area contributed by atoms with Crippen molar-refractivity contribution in [1.29, 1.82) is 10.8 Å². The van der Waals surface area contributed by atoms with E-state index >= 15 is 4.39 Å². The van der Waals surface area contributed by atoms with Crippen molar-refractivity contribution in [1.82, 2.24) is 24.8 Å². The van der Waals surface area contributed by atoms with E-state index in [9.17, 15) is 33.2 Å². The van der Waals surface area contributed by atoms with E-state index in [0.29, 0.717) is 96.5 Å². The van der Waals surface area contributed by atoms with Gasteiger partial charge in [0.25, 0.3) is 17.7 Å². The Hall–Kier alpha value is -10.2. The molecule has 540 valence electrons. The fourth-order valence-corrected chi connectivity index (χ4v) is 12.1. The molecule has 6 aromatic carbocycles. The molecule has 6 heterocycles. The molecular weight excluding hydrogens is 1480 g/mol. The summed E-state index contributed by atoms with van der Waals surface area (Å²) in [6, 6.07) is 34.1. The van der Waals surface area contributed by atoms with Crippen molar-refractivity contribution < 1.29 is 51.8 Å². The summed E-state index contributed by atoms with van der Waals surface area (Å²) in [5.41, 5.74) is 5.11. The number of morpholine rings is 1. The predicted molar refractivity (Wildman–Crippen MR) is 405 cm³/mol. The number of aromatic nitrogens is 3. The number of ketones is 3. The second-order valence-corrected chi connectivity index (χ2v) is 26.5. The van der Waals surface area contributed by atoms with Crippen LogP contribution in [0, 0.1) is 22.5 Å². The van der Waals surface area contributed by atoms with E-state index in [0.717, 1.165) is 43.9 Å². The summed E-state index contributed by atoms with van der Waals surface area (Å²) in [7, 11) is 4.56. The Morgan fingerprint density at radius 2 is 0.848 bits per heavy atom. The minimum atomic E-state index is -0.738. The first-order chi connectivity index (χ1) is 50.4. The summed E-state index contributed by atoms with van der Waals surface area (Å²) < 4.78 is 46.2. The van der Waals surface area contributed by atoms with Gasteiger partial charge >= 0.3 is 0 Å². The molecule has 0 bridgehead atoms. The Morgan fingerprint density at radius 3 is 1.22 bits per heavy atom. The van der Waals surface area contributed by atoms with Gasteiger partial charge in [-0.2, -0.15) is 0 Å². The molecule has 21 nitrogen and oxygen atoms in total. The lowest BCUT2D eigenvalue weighted by Crippen LogP contribution is -2.42. The van der Waals surface area contributed by atoms with Gasteiger partial charge in [0.2, 0.25) is 0 Å². The molecule has 0 unspecified atom stereocenters. The summed E-state index contributed by atoms with van der Waals surface area (Å²) in [6.45, 7) is 6.99. The highest BCUT2D eigenvalue weighted by Crippen LogP contribution is 2.35. The van der Waals surface area contributed by atoms with Gasteiger partial charge in [0.05, 0.1) is 53.6 Å². The molecule has 9 aromatic rings. The van der Waals surface area contributed by atoms with Gasteiger partial charge in [-0.1, -0.05) is 106 Å². The number of hydrogen-bond acceptors (Lipinski definition) is 16. The molecule has 105 heavy (non-hydrogen) atoms.